The summed E-state index contributed by atoms with van der Waals surface area (Å²) < 4.78 is 1.96. The molecular weight excluding hydrogens is 487 g/mol. The van der Waals surface area contributed by atoms with Crippen molar-refractivity contribution >= 4 is 52.5 Å². The number of amides is 1. The Morgan fingerprint density at radius 2 is 1.91 bits per heavy atom. The Bertz CT molecular complexity index is 1120. The van der Waals surface area contributed by atoms with Gasteiger partial charge in [0.25, 0.3) is 5.91 Å². The van der Waals surface area contributed by atoms with Crippen molar-refractivity contribution in [1.82, 2.24) is 20.1 Å². The summed E-state index contributed by atoms with van der Waals surface area (Å²) >= 11 is 20.0. The van der Waals surface area contributed by atoms with Crippen molar-refractivity contribution in [1.29, 1.82) is 0 Å². The molecule has 1 atom stereocenters. The first-order valence-electron chi connectivity index (χ1n) is 9.98. The fourth-order valence-electron chi connectivity index (χ4n) is 3.11. The predicted molar refractivity (Wildman–Crippen MR) is 133 cm³/mol. The van der Waals surface area contributed by atoms with Gasteiger partial charge in [0.2, 0.25) is 0 Å². The number of carbonyl (C=O) groups excluding carboxylic acids is 1. The van der Waals surface area contributed by atoms with Crippen molar-refractivity contribution < 1.29 is 4.79 Å². The molecule has 0 saturated carbocycles. The number of hydrogen-bond acceptors (Lipinski definition) is 4. The molecule has 0 aliphatic rings. The highest BCUT2D eigenvalue weighted by molar-refractivity contribution is 7.98. The summed E-state index contributed by atoms with van der Waals surface area (Å²) in [7, 11) is 0. The monoisotopic (exact) mass is 508 g/mol. The quantitative estimate of drug-likeness (QED) is 0.253. The van der Waals surface area contributed by atoms with E-state index in [4.69, 9.17) is 34.8 Å². The van der Waals surface area contributed by atoms with E-state index in [9.17, 15) is 4.79 Å². The number of nitrogens with zero attached hydrogens (tertiary/aromatic N) is 3. The van der Waals surface area contributed by atoms with Gasteiger partial charge >= 0.3 is 0 Å². The summed E-state index contributed by atoms with van der Waals surface area (Å²) in [6, 6.07) is 12.0. The number of carbonyl (C=O) groups is 1. The summed E-state index contributed by atoms with van der Waals surface area (Å²) in [6.07, 6.45) is 1.78. The minimum absolute atomic E-state index is 0.0674. The molecule has 9 heteroatoms. The summed E-state index contributed by atoms with van der Waals surface area (Å²) in [5.41, 5.74) is 1.37. The van der Waals surface area contributed by atoms with Gasteiger partial charge in [-0.3, -0.25) is 4.79 Å². The zero-order valence-corrected chi connectivity index (χ0v) is 20.8. The molecule has 1 aromatic heterocycles. The van der Waals surface area contributed by atoms with Crippen LogP contribution in [0.15, 0.2) is 60.3 Å². The highest BCUT2D eigenvalue weighted by Crippen LogP contribution is 2.30. The molecule has 0 radical (unpaired) electrons. The average molecular weight is 510 g/mol. The maximum absolute atomic E-state index is 12.9. The lowest BCUT2D eigenvalue weighted by molar-refractivity contribution is 0.0922. The highest BCUT2D eigenvalue weighted by Gasteiger charge is 2.26. The molecule has 0 aliphatic carbocycles. The zero-order valence-electron chi connectivity index (χ0n) is 17.7. The Hall–Kier alpha value is -1.99. The number of allylic oxidation sites excluding steroid dienone is 1. The van der Waals surface area contributed by atoms with E-state index in [1.54, 1.807) is 36.4 Å². The summed E-state index contributed by atoms with van der Waals surface area (Å²) in [4.78, 5) is 12.9. The first kappa shape index (κ1) is 24.6. The average Bonchev–Trinajstić information content (AvgIpc) is 3.14. The van der Waals surface area contributed by atoms with Gasteiger partial charge in [-0.2, -0.15) is 0 Å². The lowest BCUT2D eigenvalue weighted by Gasteiger charge is -2.23. The van der Waals surface area contributed by atoms with Gasteiger partial charge in [0.1, 0.15) is 0 Å². The molecule has 1 amide bonds. The van der Waals surface area contributed by atoms with Crippen LogP contribution in [0.25, 0.3) is 0 Å². The molecule has 168 valence electrons. The van der Waals surface area contributed by atoms with Crippen LogP contribution in [0.4, 0.5) is 0 Å². The third kappa shape index (κ3) is 5.87. The van der Waals surface area contributed by atoms with Crippen molar-refractivity contribution in [2.45, 2.75) is 37.3 Å². The molecule has 2 aromatic carbocycles. The number of benzene rings is 2. The van der Waals surface area contributed by atoms with Gasteiger partial charge < -0.3 is 9.88 Å². The van der Waals surface area contributed by atoms with Gasteiger partial charge in [-0.15, -0.1) is 16.8 Å². The van der Waals surface area contributed by atoms with Gasteiger partial charge in [-0.1, -0.05) is 84.7 Å². The number of nitrogens with one attached hydrogen (secondary N) is 1. The molecule has 1 N–H and O–H groups in total. The standard InChI is InChI=1S/C23H23Cl3N4OS/c1-4-11-30-21(20(14(2)3)27-22(31)17-7-5-6-8-18(17)25)28-29-23(30)32-13-15-9-10-16(24)12-19(15)26/h4-10,12,14,20H,1,11,13H2,2-3H3,(H,27,31)/t20-/m1/s1. The molecule has 0 saturated heterocycles. The molecule has 0 spiro atoms. The van der Waals surface area contributed by atoms with Crippen molar-refractivity contribution in [3.8, 4) is 0 Å². The van der Waals surface area contributed by atoms with E-state index in [2.05, 4.69) is 22.1 Å². The molecule has 0 fully saturated rings. The Morgan fingerprint density at radius 3 is 2.56 bits per heavy atom. The van der Waals surface area contributed by atoms with Gasteiger partial charge in [-0.25, -0.2) is 0 Å². The zero-order chi connectivity index (χ0) is 23.3. The second kappa shape index (κ2) is 11.2. The van der Waals surface area contributed by atoms with Crippen molar-refractivity contribution in [2.75, 3.05) is 0 Å². The largest absolute Gasteiger partial charge is 0.342 e. The fourth-order valence-corrected chi connectivity index (χ4v) is 4.85. The van der Waals surface area contributed by atoms with Crippen LogP contribution in [0.1, 0.15) is 41.6 Å². The molecule has 0 bridgehead atoms. The van der Waals surface area contributed by atoms with Crippen LogP contribution in [-0.2, 0) is 12.3 Å². The first-order valence-corrected chi connectivity index (χ1v) is 12.1. The Labute approximate surface area is 207 Å². The van der Waals surface area contributed by atoms with Crippen LogP contribution < -0.4 is 5.32 Å². The van der Waals surface area contributed by atoms with Crippen LogP contribution in [0.3, 0.4) is 0 Å². The van der Waals surface area contributed by atoms with Gasteiger partial charge in [0.05, 0.1) is 16.6 Å². The molecule has 3 rings (SSSR count). The van der Waals surface area contributed by atoms with E-state index in [-0.39, 0.29) is 17.9 Å². The third-order valence-electron chi connectivity index (χ3n) is 4.78. The molecule has 1 heterocycles. The van der Waals surface area contributed by atoms with E-state index < -0.39 is 0 Å². The van der Waals surface area contributed by atoms with E-state index in [0.717, 1.165) is 5.56 Å². The normalized spacial score (nSPS) is 12.1. The number of thioether (sulfide) groups is 1. The van der Waals surface area contributed by atoms with E-state index in [1.807, 2.05) is 30.5 Å². The second-order valence-electron chi connectivity index (χ2n) is 7.44. The van der Waals surface area contributed by atoms with Crippen molar-refractivity contribution in [3.05, 3.63) is 87.1 Å². The topological polar surface area (TPSA) is 59.8 Å². The van der Waals surface area contributed by atoms with Crippen LogP contribution in [-0.4, -0.2) is 20.7 Å². The number of halogens is 3. The Morgan fingerprint density at radius 1 is 1.16 bits per heavy atom. The smallest absolute Gasteiger partial charge is 0.253 e. The number of hydrogen-bond donors (Lipinski definition) is 1. The van der Waals surface area contributed by atoms with Crippen LogP contribution >= 0.6 is 46.6 Å². The summed E-state index contributed by atoms with van der Waals surface area (Å²) in [5, 5.41) is 14.2. The molecule has 0 unspecified atom stereocenters. The minimum atomic E-state index is -0.361. The molecule has 0 aliphatic heterocycles. The molecular formula is C23H23Cl3N4OS. The van der Waals surface area contributed by atoms with Crippen LogP contribution in [0, 0.1) is 5.92 Å². The maximum atomic E-state index is 12.9. The molecule has 32 heavy (non-hydrogen) atoms. The fraction of sp³-hybridized carbons (Fsp3) is 0.261. The van der Waals surface area contributed by atoms with Gasteiger partial charge in [0.15, 0.2) is 11.0 Å². The lowest BCUT2D eigenvalue weighted by Crippen LogP contribution is -2.34. The SMILES string of the molecule is C=CCn1c(SCc2ccc(Cl)cc2Cl)nnc1[C@H](NC(=O)c1ccccc1Cl)C(C)C. The first-order chi connectivity index (χ1) is 15.3. The molecule has 5 nitrogen and oxygen atoms in total. The second-order valence-corrected chi connectivity index (χ2v) is 9.63. The van der Waals surface area contributed by atoms with E-state index in [0.29, 0.717) is 43.9 Å². The van der Waals surface area contributed by atoms with E-state index in [1.165, 1.54) is 11.8 Å². The predicted octanol–water partition coefficient (Wildman–Crippen LogP) is 6.84. The third-order valence-corrected chi connectivity index (χ3v) is 6.71. The summed E-state index contributed by atoms with van der Waals surface area (Å²) in [5.74, 6) is 1.07. The van der Waals surface area contributed by atoms with Crippen LogP contribution in [0.5, 0.6) is 0 Å². The Kier molecular flexibility index (Phi) is 8.65. The van der Waals surface area contributed by atoms with Crippen LogP contribution in [0.2, 0.25) is 15.1 Å². The highest BCUT2D eigenvalue weighted by atomic mass is 35.5. The number of rotatable bonds is 9. The maximum Gasteiger partial charge on any atom is 0.253 e. The van der Waals surface area contributed by atoms with Crippen molar-refractivity contribution in [3.63, 3.8) is 0 Å². The number of aromatic nitrogens is 3. The Balaban J connectivity index is 1.86. The lowest BCUT2D eigenvalue weighted by atomic mass is 10.0. The van der Waals surface area contributed by atoms with Gasteiger partial charge in [0, 0.05) is 22.3 Å². The minimum Gasteiger partial charge on any atom is -0.342 e. The summed E-state index contributed by atoms with van der Waals surface area (Å²) in [6.45, 7) is 8.40. The van der Waals surface area contributed by atoms with Crippen molar-refractivity contribution in [2.24, 2.45) is 5.92 Å². The molecule has 3 aromatic rings. The van der Waals surface area contributed by atoms with E-state index >= 15 is 0 Å². The van der Waals surface area contributed by atoms with Gasteiger partial charge in [-0.05, 0) is 35.7 Å².